The molecule has 2 aromatic rings. The molecule has 0 aliphatic carbocycles. The lowest BCUT2D eigenvalue weighted by Gasteiger charge is -2.20. The zero-order valence-corrected chi connectivity index (χ0v) is 14.2. The van der Waals surface area contributed by atoms with Crippen LogP contribution in [0.3, 0.4) is 0 Å². The number of sulfone groups is 1. The quantitative estimate of drug-likeness (QED) is 0.816. The van der Waals surface area contributed by atoms with E-state index in [1.165, 1.54) is 13.2 Å². The number of carbonyl (C=O) groups excluding carboxylic acids is 1. The van der Waals surface area contributed by atoms with Crippen LogP contribution in [0.4, 0.5) is 0 Å². The van der Waals surface area contributed by atoms with Crippen LogP contribution in [0.5, 0.6) is 0 Å². The summed E-state index contributed by atoms with van der Waals surface area (Å²) in [5, 5.41) is 4.36. The van der Waals surface area contributed by atoms with Gasteiger partial charge in [0.2, 0.25) is 0 Å². The van der Waals surface area contributed by atoms with Gasteiger partial charge in [0, 0.05) is 18.6 Å². The molecule has 0 saturated heterocycles. The second kappa shape index (κ2) is 5.35. The van der Waals surface area contributed by atoms with E-state index in [9.17, 15) is 13.2 Å². The Morgan fingerprint density at radius 1 is 1.14 bits per heavy atom. The highest BCUT2D eigenvalue weighted by Gasteiger charge is 2.23. The van der Waals surface area contributed by atoms with E-state index >= 15 is 0 Å². The highest BCUT2D eigenvalue weighted by molar-refractivity contribution is 7.90. The largest absolute Gasteiger partial charge is 0.293 e. The van der Waals surface area contributed by atoms with E-state index in [2.05, 4.69) is 5.10 Å². The van der Waals surface area contributed by atoms with Crippen LogP contribution in [-0.2, 0) is 15.3 Å². The first-order valence-corrected chi connectivity index (χ1v) is 8.81. The van der Waals surface area contributed by atoms with Crippen LogP contribution in [0.1, 0.15) is 43.9 Å². The van der Waals surface area contributed by atoms with E-state index in [-0.39, 0.29) is 16.1 Å². The zero-order chi connectivity index (χ0) is 16.7. The maximum Gasteiger partial charge on any atom is 0.180 e. The topological polar surface area (TPSA) is 69.0 Å². The molecule has 0 bridgehead atoms. The number of Topliss-reactive ketones (excluding diaryl/α,β-unsaturated/α-hetero) is 1. The molecule has 1 heterocycles. The molecule has 2 rings (SSSR count). The molecule has 0 unspecified atom stereocenters. The highest BCUT2D eigenvalue weighted by Crippen LogP contribution is 2.26. The maximum absolute atomic E-state index is 11.6. The first kappa shape index (κ1) is 16.4. The molecule has 0 N–H and O–H groups in total. The molecule has 0 aliphatic heterocycles. The van der Waals surface area contributed by atoms with Crippen molar-refractivity contribution in [2.24, 2.45) is 0 Å². The molecule has 1 aromatic carbocycles. The molecular weight excluding hydrogens is 300 g/mol. The van der Waals surface area contributed by atoms with Gasteiger partial charge in [0.25, 0.3) is 0 Å². The zero-order valence-electron chi connectivity index (χ0n) is 13.4. The first-order chi connectivity index (χ1) is 10.00. The monoisotopic (exact) mass is 320 g/mol. The number of nitrogens with zero attached hydrogens (tertiary/aromatic N) is 2. The molecule has 0 saturated carbocycles. The van der Waals surface area contributed by atoms with E-state index in [1.807, 2.05) is 20.8 Å². The van der Waals surface area contributed by atoms with Crippen molar-refractivity contribution in [1.29, 1.82) is 0 Å². The van der Waals surface area contributed by atoms with Gasteiger partial charge in [-0.3, -0.25) is 4.79 Å². The second-order valence-electron chi connectivity index (χ2n) is 6.40. The average molecular weight is 320 g/mol. The van der Waals surface area contributed by atoms with Gasteiger partial charge >= 0.3 is 0 Å². The SMILES string of the molecule is CC(=O)c1cc(C(C)(C)C)n(-c2ccc(S(C)(=O)=O)cc2)n1. The van der Waals surface area contributed by atoms with Crippen molar-refractivity contribution in [3.63, 3.8) is 0 Å². The molecule has 0 spiro atoms. The standard InChI is InChI=1S/C16H20N2O3S/c1-11(19)14-10-15(16(2,3)4)18(17-14)12-6-8-13(9-7-12)22(5,20)21/h6-10H,1-5H3. The molecule has 1 aromatic heterocycles. The number of rotatable bonds is 3. The molecule has 0 aliphatic rings. The summed E-state index contributed by atoms with van der Waals surface area (Å²) in [5.74, 6) is -0.1000. The van der Waals surface area contributed by atoms with Gasteiger partial charge in [-0.1, -0.05) is 20.8 Å². The van der Waals surface area contributed by atoms with Gasteiger partial charge in [0.15, 0.2) is 15.6 Å². The van der Waals surface area contributed by atoms with Crippen LogP contribution < -0.4 is 0 Å². The molecular formula is C16H20N2O3S. The van der Waals surface area contributed by atoms with Crippen molar-refractivity contribution in [3.05, 3.63) is 41.7 Å². The third-order valence-corrected chi connectivity index (χ3v) is 4.48. The van der Waals surface area contributed by atoms with Crippen molar-refractivity contribution in [2.75, 3.05) is 6.26 Å². The van der Waals surface area contributed by atoms with Crippen LogP contribution >= 0.6 is 0 Å². The summed E-state index contributed by atoms with van der Waals surface area (Å²) in [5.41, 5.74) is 1.82. The van der Waals surface area contributed by atoms with E-state index in [4.69, 9.17) is 0 Å². The van der Waals surface area contributed by atoms with Gasteiger partial charge in [-0.05, 0) is 30.3 Å². The lowest BCUT2D eigenvalue weighted by molar-refractivity contribution is 0.101. The van der Waals surface area contributed by atoms with Crippen LogP contribution in [-0.4, -0.2) is 30.2 Å². The molecule has 118 valence electrons. The Hall–Kier alpha value is -1.95. The van der Waals surface area contributed by atoms with Gasteiger partial charge in [-0.15, -0.1) is 0 Å². The van der Waals surface area contributed by atoms with Crippen LogP contribution in [0.15, 0.2) is 35.2 Å². The van der Waals surface area contributed by atoms with E-state index < -0.39 is 9.84 Å². The Bertz CT molecular complexity index is 810. The van der Waals surface area contributed by atoms with E-state index in [0.717, 1.165) is 11.4 Å². The number of hydrogen-bond acceptors (Lipinski definition) is 4. The number of benzene rings is 1. The van der Waals surface area contributed by atoms with Crippen molar-refractivity contribution in [2.45, 2.75) is 38.0 Å². The van der Waals surface area contributed by atoms with Crippen molar-refractivity contribution >= 4 is 15.6 Å². The minimum Gasteiger partial charge on any atom is -0.293 e. The fraction of sp³-hybridized carbons (Fsp3) is 0.375. The normalized spacial score (nSPS) is 12.4. The minimum absolute atomic E-state index is 0.1000. The fourth-order valence-electron chi connectivity index (χ4n) is 2.12. The van der Waals surface area contributed by atoms with Crippen LogP contribution in [0.25, 0.3) is 5.69 Å². The fourth-order valence-corrected chi connectivity index (χ4v) is 2.75. The number of carbonyl (C=O) groups is 1. The highest BCUT2D eigenvalue weighted by atomic mass is 32.2. The summed E-state index contributed by atoms with van der Waals surface area (Å²) < 4.78 is 24.8. The summed E-state index contributed by atoms with van der Waals surface area (Å²) in [6.07, 6.45) is 1.17. The predicted octanol–water partition coefficient (Wildman–Crippen LogP) is 2.78. The van der Waals surface area contributed by atoms with Crippen LogP contribution in [0.2, 0.25) is 0 Å². The van der Waals surface area contributed by atoms with Gasteiger partial charge in [0.1, 0.15) is 5.69 Å². The molecule has 0 fully saturated rings. The minimum atomic E-state index is -3.23. The van der Waals surface area contributed by atoms with Crippen LogP contribution in [0, 0.1) is 0 Å². The first-order valence-electron chi connectivity index (χ1n) is 6.92. The molecule has 22 heavy (non-hydrogen) atoms. The lowest BCUT2D eigenvalue weighted by atomic mass is 9.91. The molecule has 0 amide bonds. The summed E-state index contributed by atoms with van der Waals surface area (Å²) in [6, 6.07) is 8.27. The summed E-state index contributed by atoms with van der Waals surface area (Å²) in [4.78, 5) is 11.9. The molecule has 6 heteroatoms. The summed E-state index contributed by atoms with van der Waals surface area (Å²) in [7, 11) is -3.23. The maximum atomic E-state index is 11.6. The van der Waals surface area contributed by atoms with Gasteiger partial charge in [0.05, 0.1) is 16.3 Å². The predicted molar refractivity (Wildman–Crippen MR) is 85.4 cm³/mol. The molecule has 5 nitrogen and oxygen atoms in total. The Labute approximate surface area is 130 Å². The number of ketones is 1. The van der Waals surface area contributed by atoms with Gasteiger partial charge in [-0.25, -0.2) is 13.1 Å². The molecule has 0 radical (unpaired) electrons. The van der Waals surface area contributed by atoms with Gasteiger partial charge < -0.3 is 0 Å². The Morgan fingerprint density at radius 3 is 2.09 bits per heavy atom. The van der Waals surface area contributed by atoms with E-state index in [0.29, 0.717) is 5.69 Å². The second-order valence-corrected chi connectivity index (χ2v) is 8.41. The number of hydrogen-bond donors (Lipinski definition) is 0. The molecule has 0 atom stereocenters. The summed E-state index contributed by atoms with van der Waals surface area (Å²) in [6.45, 7) is 7.59. The van der Waals surface area contributed by atoms with Crippen molar-refractivity contribution in [3.8, 4) is 5.69 Å². The summed E-state index contributed by atoms with van der Waals surface area (Å²) >= 11 is 0. The third kappa shape index (κ3) is 3.27. The number of aromatic nitrogens is 2. The van der Waals surface area contributed by atoms with Crippen molar-refractivity contribution in [1.82, 2.24) is 9.78 Å². The lowest BCUT2D eigenvalue weighted by Crippen LogP contribution is -2.17. The average Bonchev–Trinajstić information content (AvgIpc) is 2.83. The van der Waals surface area contributed by atoms with Gasteiger partial charge in [-0.2, -0.15) is 5.10 Å². The third-order valence-electron chi connectivity index (χ3n) is 3.35. The smallest absolute Gasteiger partial charge is 0.180 e. The Kier molecular flexibility index (Phi) is 4.00. The Balaban J connectivity index is 2.59. The van der Waals surface area contributed by atoms with Crippen molar-refractivity contribution < 1.29 is 13.2 Å². The van der Waals surface area contributed by atoms with E-state index in [1.54, 1.807) is 35.0 Å². The Morgan fingerprint density at radius 2 is 1.68 bits per heavy atom.